The van der Waals surface area contributed by atoms with Crippen LogP contribution in [0.25, 0.3) is 0 Å². The summed E-state index contributed by atoms with van der Waals surface area (Å²) in [6.45, 7) is 1.54. The number of aromatic carboxylic acids is 1. The number of hydrogen-bond acceptors (Lipinski definition) is 5. The summed E-state index contributed by atoms with van der Waals surface area (Å²) >= 11 is 0. The molecule has 0 bridgehead atoms. The number of carboxylic acids is 1. The predicted molar refractivity (Wildman–Crippen MR) is 68.1 cm³/mol. The quantitative estimate of drug-likeness (QED) is 0.888. The Hall–Kier alpha value is -3.01. The Balaban J connectivity index is 2.29. The van der Waals surface area contributed by atoms with Crippen molar-refractivity contribution in [3.63, 3.8) is 0 Å². The molecule has 0 saturated heterocycles. The molecular formula is C13H9FN4O2. The minimum absolute atomic E-state index is 0.00682. The first kappa shape index (κ1) is 13.4. The van der Waals surface area contributed by atoms with E-state index in [2.05, 4.69) is 15.3 Å². The second-order valence-corrected chi connectivity index (χ2v) is 3.93. The lowest BCUT2D eigenvalue weighted by atomic mass is 10.2. The number of aromatic nitrogens is 2. The highest BCUT2D eigenvalue weighted by molar-refractivity contribution is 5.88. The second kappa shape index (κ2) is 5.32. The average molecular weight is 272 g/mol. The number of rotatable bonds is 3. The number of aryl methyl sites for hydroxylation is 1. The van der Waals surface area contributed by atoms with E-state index < -0.39 is 11.8 Å². The van der Waals surface area contributed by atoms with Crippen LogP contribution in [0.4, 0.5) is 16.0 Å². The number of halogens is 1. The Kier molecular flexibility index (Phi) is 3.57. The normalized spacial score (nSPS) is 9.85. The average Bonchev–Trinajstić information content (AvgIpc) is 2.40. The van der Waals surface area contributed by atoms with Gasteiger partial charge in [-0.3, -0.25) is 0 Å². The van der Waals surface area contributed by atoms with Gasteiger partial charge in [0.2, 0.25) is 5.95 Å². The van der Waals surface area contributed by atoms with Gasteiger partial charge in [-0.2, -0.15) is 5.26 Å². The van der Waals surface area contributed by atoms with Gasteiger partial charge in [-0.15, -0.1) is 0 Å². The molecule has 0 unspecified atom stereocenters. The van der Waals surface area contributed by atoms with Gasteiger partial charge in [-0.1, -0.05) is 0 Å². The number of benzene rings is 1. The van der Waals surface area contributed by atoms with E-state index in [4.69, 9.17) is 10.4 Å². The summed E-state index contributed by atoms with van der Waals surface area (Å²) in [5.41, 5.74) is 0.643. The van der Waals surface area contributed by atoms with Gasteiger partial charge in [0, 0.05) is 11.9 Å². The van der Waals surface area contributed by atoms with E-state index in [0.717, 1.165) is 6.07 Å². The number of hydrogen-bond donors (Lipinski definition) is 2. The third-order valence-electron chi connectivity index (χ3n) is 2.55. The minimum Gasteiger partial charge on any atom is -0.478 e. The Bertz CT molecular complexity index is 725. The van der Waals surface area contributed by atoms with E-state index in [-0.39, 0.29) is 17.1 Å². The first-order valence-electron chi connectivity index (χ1n) is 5.55. The van der Waals surface area contributed by atoms with Gasteiger partial charge in [0.1, 0.15) is 11.9 Å². The van der Waals surface area contributed by atoms with E-state index in [1.54, 1.807) is 13.0 Å². The number of nitrogens with zero attached hydrogens (tertiary/aromatic N) is 3. The third kappa shape index (κ3) is 2.70. The molecule has 0 aliphatic heterocycles. The van der Waals surface area contributed by atoms with Crippen molar-refractivity contribution in [1.29, 1.82) is 5.26 Å². The molecule has 100 valence electrons. The molecule has 0 saturated carbocycles. The molecule has 1 aromatic heterocycles. The summed E-state index contributed by atoms with van der Waals surface area (Å²) in [6, 6.07) is 5.62. The van der Waals surface area contributed by atoms with Crippen LogP contribution in [0.1, 0.15) is 21.6 Å². The van der Waals surface area contributed by atoms with Gasteiger partial charge < -0.3 is 10.4 Å². The lowest BCUT2D eigenvalue weighted by molar-refractivity contribution is 0.0695. The van der Waals surface area contributed by atoms with Crippen molar-refractivity contribution in [3.8, 4) is 6.07 Å². The van der Waals surface area contributed by atoms with Crippen molar-refractivity contribution >= 4 is 17.6 Å². The first-order chi connectivity index (χ1) is 9.51. The van der Waals surface area contributed by atoms with E-state index in [1.165, 1.54) is 18.3 Å². The van der Waals surface area contributed by atoms with Crippen molar-refractivity contribution in [3.05, 3.63) is 47.0 Å². The van der Waals surface area contributed by atoms with Crippen LogP contribution in [-0.2, 0) is 0 Å². The van der Waals surface area contributed by atoms with E-state index in [9.17, 15) is 9.18 Å². The molecule has 6 nitrogen and oxygen atoms in total. The monoisotopic (exact) mass is 272 g/mol. The zero-order chi connectivity index (χ0) is 14.7. The highest BCUT2D eigenvalue weighted by Gasteiger charge is 2.10. The number of nitriles is 1. The maximum absolute atomic E-state index is 13.2. The summed E-state index contributed by atoms with van der Waals surface area (Å²) in [5.74, 6) is -1.55. The molecule has 0 fully saturated rings. The molecule has 0 aliphatic rings. The Labute approximate surface area is 113 Å². The molecule has 2 N–H and O–H groups in total. The number of carbonyl (C=O) groups is 1. The topological polar surface area (TPSA) is 98.9 Å². The maximum atomic E-state index is 13.2. The standard InChI is InChI=1S/C13H9FN4O2/c1-7-10(12(19)20)6-16-13(17-7)18-9-2-3-11(14)8(4-9)5-15/h2-4,6H,1H3,(H,19,20)(H,16,17,18). The van der Waals surface area contributed by atoms with Crippen LogP contribution in [0.15, 0.2) is 24.4 Å². The molecule has 0 amide bonds. The van der Waals surface area contributed by atoms with Crippen LogP contribution in [0.2, 0.25) is 0 Å². The van der Waals surface area contributed by atoms with Crippen LogP contribution < -0.4 is 5.32 Å². The number of nitrogens with one attached hydrogen (secondary N) is 1. The molecule has 1 heterocycles. The van der Waals surface area contributed by atoms with Gasteiger partial charge in [0.15, 0.2) is 0 Å². The van der Waals surface area contributed by atoms with Crippen LogP contribution in [0.5, 0.6) is 0 Å². The van der Waals surface area contributed by atoms with Gasteiger partial charge in [-0.05, 0) is 25.1 Å². The third-order valence-corrected chi connectivity index (χ3v) is 2.55. The molecule has 20 heavy (non-hydrogen) atoms. The number of carboxylic acid groups (broad SMARTS) is 1. The molecule has 0 spiro atoms. The van der Waals surface area contributed by atoms with Gasteiger partial charge in [0.05, 0.1) is 16.8 Å². The van der Waals surface area contributed by atoms with E-state index in [1.807, 2.05) is 0 Å². The molecule has 2 rings (SSSR count). The minimum atomic E-state index is -1.11. The zero-order valence-electron chi connectivity index (χ0n) is 10.4. The van der Waals surface area contributed by atoms with Crippen molar-refractivity contribution in [2.75, 3.05) is 5.32 Å². The summed E-state index contributed by atoms with van der Waals surface area (Å²) in [7, 11) is 0. The molecule has 0 aliphatic carbocycles. The van der Waals surface area contributed by atoms with Crippen molar-refractivity contribution < 1.29 is 14.3 Å². The summed E-state index contributed by atoms with van der Waals surface area (Å²) < 4.78 is 13.2. The summed E-state index contributed by atoms with van der Waals surface area (Å²) in [4.78, 5) is 18.7. The highest BCUT2D eigenvalue weighted by Crippen LogP contribution is 2.17. The SMILES string of the molecule is Cc1nc(Nc2ccc(F)c(C#N)c2)ncc1C(=O)O. The summed E-state index contributed by atoms with van der Waals surface area (Å²) in [6.07, 6.45) is 1.18. The van der Waals surface area contributed by atoms with Crippen LogP contribution >= 0.6 is 0 Å². The summed E-state index contributed by atoms with van der Waals surface area (Å²) in [5, 5.41) is 20.4. The van der Waals surface area contributed by atoms with Crippen LogP contribution in [0, 0.1) is 24.1 Å². The Morgan fingerprint density at radius 2 is 2.25 bits per heavy atom. The predicted octanol–water partition coefficient (Wildman–Crippen LogP) is 2.24. The van der Waals surface area contributed by atoms with Crippen molar-refractivity contribution in [2.24, 2.45) is 0 Å². The number of anilines is 2. The fraction of sp³-hybridized carbons (Fsp3) is 0.0769. The largest absolute Gasteiger partial charge is 0.478 e. The molecule has 7 heteroatoms. The zero-order valence-corrected chi connectivity index (χ0v) is 10.4. The lowest BCUT2D eigenvalue weighted by Crippen LogP contribution is -2.06. The molecule has 2 aromatic rings. The Morgan fingerprint density at radius 1 is 1.50 bits per heavy atom. The van der Waals surface area contributed by atoms with Crippen LogP contribution in [0.3, 0.4) is 0 Å². The van der Waals surface area contributed by atoms with Crippen molar-refractivity contribution in [1.82, 2.24) is 9.97 Å². The van der Waals surface area contributed by atoms with Crippen LogP contribution in [-0.4, -0.2) is 21.0 Å². The van der Waals surface area contributed by atoms with Gasteiger partial charge in [0.25, 0.3) is 0 Å². The second-order valence-electron chi connectivity index (χ2n) is 3.93. The lowest BCUT2D eigenvalue weighted by Gasteiger charge is -2.07. The molecule has 0 atom stereocenters. The fourth-order valence-electron chi connectivity index (χ4n) is 1.56. The van der Waals surface area contributed by atoms with Crippen molar-refractivity contribution in [2.45, 2.75) is 6.92 Å². The van der Waals surface area contributed by atoms with E-state index >= 15 is 0 Å². The first-order valence-corrected chi connectivity index (χ1v) is 5.55. The molecule has 1 aromatic carbocycles. The van der Waals surface area contributed by atoms with Gasteiger partial charge >= 0.3 is 5.97 Å². The van der Waals surface area contributed by atoms with E-state index in [0.29, 0.717) is 11.4 Å². The Morgan fingerprint density at radius 3 is 2.85 bits per heavy atom. The molecular weight excluding hydrogens is 263 g/mol. The fourth-order valence-corrected chi connectivity index (χ4v) is 1.56. The van der Waals surface area contributed by atoms with Gasteiger partial charge in [-0.25, -0.2) is 19.2 Å². The maximum Gasteiger partial charge on any atom is 0.339 e. The molecule has 0 radical (unpaired) electrons. The smallest absolute Gasteiger partial charge is 0.339 e. The highest BCUT2D eigenvalue weighted by atomic mass is 19.1.